The van der Waals surface area contributed by atoms with E-state index in [-0.39, 0.29) is 68.7 Å². The Hall–Kier alpha value is -5.49. The number of likely N-dealkylation sites (tertiary alicyclic amines) is 1. The Bertz CT molecular complexity index is 2890. The highest BCUT2D eigenvalue weighted by molar-refractivity contribution is 7.90. The summed E-state index contributed by atoms with van der Waals surface area (Å²) in [7, 11) is -4.75. The van der Waals surface area contributed by atoms with E-state index in [0.29, 0.717) is 43.6 Å². The Balaban J connectivity index is 0.874. The number of aromatic amines is 1. The minimum Gasteiger partial charge on any atom is -0.489 e. The average molecular weight is 971 g/mol. The summed E-state index contributed by atoms with van der Waals surface area (Å²) in [5.74, 6) is -0.737. The maximum absolute atomic E-state index is 14.7. The first-order valence-corrected chi connectivity index (χ1v) is 25.6. The molecule has 2 saturated heterocycles. The number of ether oxygens (including phenoxy) is 2. The molecule has 2 aromatic heterocycles. The summed E-state index contributed by atoms with van der Waals surface area (Å²) in [6.45, 7) is 10.1. The van der Waals surface area contributed by atoms with Gasteiger partial charge in [0, 0.05) is 62.3 Å². The number of hydrogen-bond acceptors (Lipinski definition) is 12. The van der Waals surface area contributed by atoms with Gasteiger partial charge in [0.15, 0.2) is 22.3 Å². The standard InChI is InChI=1S/C50H57ClFN7O8S/c1-29(2)33-7-4-5-8-34(33)35-9-6-10-40(35)58-27-50(28-58)17-19-57(20-18-50)31-11-12-36(42(21-31)67-44-24-37-38(52)25-53-47(37)55-46(44)51)48(60)56-68(64,65)32-22-41(59(62)63)45-43(23-32)66-26-39(54-45)30-13-15-49(3,61)16-14-30/h4-5,7-8,11-12,21-25,29-30,35,39-40,54,61H,6,9-10,13-20,26-28H2,1-3H3,(H,53,55)(H,56,60)/t30-,35-,39+,40-,49-/m0/s1. The lowest BCUT2D eigenvalue weighted by Crippen LogP contribution is -2.63. The van der Waals surface area contributed by atoms with Crippen molar-refractivity contribution in [1.29, 1.82) is 0 Å². The molecule has 2 saturated carbocycles. The lowest BCUT2D eigenvalue weighted by atomic mass is 9.70. The largest absolute Gasteiger partial charge is 0.489 e. The van der Waals surface area contributed by atoms with Crippen molar-refractivity contribution >= 4 is 55.6 Å². The van der Waals surface area contributed by atoms with Gasteiger partial charge >= 0.3 is 0 Å². The van der Waals surface area contributed by atoms with Crippen molar-refractivity contribution in [3.05, 3.63) is 105 Å². The summed E-state index contributed by atoms with van der Waals surface area (Å²) >= 11 is 6.54. The number of aliphatic hydroxyl groups is 1. The van der Waals surface area contributed by atoms with Crippen molar-refractivity contribution in [3.8, 4) is 17.2 Å². The van der Waals surface area contributed by atoms with Gasteiger partial charge in [-0.1, -0.05) is 56.1 Å². The molecule has 15 nitrogen and oxygen atoms in total. The maximum atomic E-state index is 14.7. The molecule has 10 rings (SSSR count). The van der Waals surface area contributed by atoms with Gasteiger partial charge in [0.25, 0.3) is 21.6 Å². The van der Waals surface area contributed by atoms with E-state index < -0.39 is 42.9 Å². The zero-order valence-electron chi connectivity index (χ0n) is 38.4. The number of nitro groups is 1. The van der Waals surface area contributed by atoms with E-state index in [1.807, 2.05) is 0 Å². The monoisotopic (exact) mass is 969 g/mol. The number of carbonyl (C=O) groups excluding carboxylic acids is 1. The third kappa shape index (κ3) is 8.86. The number of amides is 1. The average Bonchev–Trinajstić information content (AvgIpc) is 3.93. The molecule has 4 fully saturated rings. The molecule has 0 bridgehead atoms. The number of pyridine rings is 1. The minimum atomic E-state index is -4.75. The second-order valence-corrected chi connectivity index (χ2v) is 22.3. The van der Waals surface area contributed by atoms with Crippen LogP contribution in [0.2, 0.25) is 5.15 Å². The number of aromatic nitrogens is 2. The van der Waals surface area contributed by atoms with Crippen LogP contribution < -0.4 is 24.4 Å². The Morgan fingerprint density at radius 2 is 1.79 bits per heavy atom. The number of benzene rings is 3. The molecule has 360 valence electrons. The molecule has 3 atom stereocenters. The zero-order valence-corrected chi connectivity index (χ0v) is 40.0. The molecule has 5 heterocycles. The number of nitrogens with one attached hydrogen (secondary N) is 3. The van der Waals surface area contributed by atoms with Crippen molar-refractivity contribution in [2.24, 2.45) is 11.3 Å². The molecule has 1 spiro atoms. The van der Waals surface area contributed by atoms with Crippen molar-refractivity contribution in [2.45, 2.75) is 113 Å². The third-order valence-electron chi connectivity index (χ3n) is 15.4. The predicted molar refractivity (Wildman–Crippen MR) is 257 cm³/mol. The molecule has 18 heteroatoms. The van der Waals surface area contributed by atoms with E-state index in [1.165, 1.54) is 42.5 Å². The minimum absolute atomic E-state index is 0.0398. The number of carbonyl (C=O) groups is 1. The fourth-order valence-electron chi connectivity index (χ4n) is 11.6. The van der Waals surface area contributed by atoms with Gasteiger partial charge in [-0.25, -0.2) is 22.5 Å². The lowest BCUT2D eigenvalue weighted by Gasteiger charge is -2.57. The van der Waals surface area contributed by atoms with Crippen LogP contribution in [0.4, 0.5) is 21.5 Å². The molecule has 0 radical (unpaired) electrons. The molecule has 0 unspecified atom stereocenters. The first-order chi connectivity index (χ1) is 32.5. The Morgan fingerprint density at radius 1 is 1.04 bits per heavy atom. The maximum Gasteiger partial charge on any atom is 0.297 e. The van der Waals surface area contributed by atoms with Crippen LogP contribution >= 0.6 is 11.6 Å². The van der Waals surface area contributed by atoms with Crippen LogP contribution in [0.3, 0.4) is 0 Å². The third-order valence-corrected chi connectivity index (χ3v) is 17.0. The van der Waals surface area contributed by atoms with Gasteiger partial charge < -0.3 is 29.8 Å². The molecule has 3 aromatic carbocycles. The Kier molecular flexibility index (Phi) is 12.1. The molecular formula is C50H57ClFN7O8S. The molecule has 5 aliphatic rings. The highest BCUT2D eigenvalue weighted by Gasteiger charge is 2.49. The zero-order chi connectivity index (χ0) is 47.7. The van der Waals surface area contributed by atoms with Crippen LogP contribution in [0.1, 0.15) is 112 Å². The second-order valence-electron chi connectivity index (χ2n) is 20.3. The molecule has 5 aromatic rings. The van der Waals surface area contributed by atoms with Gasteiger partial charge in [-0.3, -0.25) is 19.8 Å². The summed E-state index contributed by atoms with van der Waals surface area (Å²) in [5.41, 5.74) is 2.64. The van der Waals surface area contributed by atoms with Crippen LogP contribution in [0.15, 0.2) is 71.8 Å². The van der Waals surface area contributed by atoms with Gasteiger partial charge in [0.1, 0.15) is 23.8 Å². The van der Waals surface area contributed by atoms with Crippen molar-refractivity contribution in [3.63, 3.8) is 0 Å². The Labute approximate surface area is 399 Å². The fraction of sp³-hybridized carbons (Fsp3) is 0.480. The van der Waals surface area contributed by atoms with Crippen LogP contribution in [0.5, 0.6) is 17.2 Å². The van der Waals surface area contributed by atoms with E-state index in [9.17, 15) is 32.8 Å². The van der Waals surface area contributed by atoms with Gasteiger partial charge in [-0.15, -0.1) is 0 Å². The van der Waals surface area contributed by atoms with Gasteiger partial charge in [-0.2, -0.15) is 0 Å². The number of sulfonamides is 1. The summed E-state index contributed by atoms with van der Waals surface area (Å²) in [6, 6.07) is 17.4. The number of nitro benzene ring substituents is 1. The smallest absolute Gasteiger partial charge is 0.297 e. The lowest BCUT2D eigenvalue weighted by molar-refractivity contribution is -0.384. The molecule has 4 N–H and O–H groups in total. The highest BCUT2D eigenvalue weighted by atomic mass is 35.5. The van der Waals surface area contributed by atoms with E-state index in [2.05, 4.69) is 67.9 Å². The number of fused-ring (bicyclic) bond motifs is 2. The summed E-state index contributed by atoms with van der Waals surface area (Å²) < 4.78 is 57.0. The van der Waals surface area contributed by atoms with Crippen LogP contribution in [0.25, 0.3) is 11.0 Å². The normalized spacial score (nSPS) is 24.8. The highest BCUT2D eigenvalue weighted by Crippen LogP contribution is 2.49. The number of halogens is 2. The van der Waals surface area contributed by atoms with Crippen molar-refractivity contribution in [2.75, 3.05) is 43.0 Å². The first-order valence-electron chi connectivity index (χ1n) is 23.7. The molecule has 2 aliphatic carbocycles. The summed E-state index contributed by atoms with van der Waals surface area (Å²) in [4.78, 5) is 37.2. The van der Waals surface area contributed by atoms with Gasteiger partial charge in [-0.05, 0) is 111 Å². The number of anilines is 2. The van der Waals surface area contributed by atoms with Crippen molar-refractivity contribution < 1.29 is 37.1 Å². The van der Waals surface area contributed by atoms with E-state index >= 15 is 0 Å². The van der Waals surface area contributed by atoms with Crippen LogP contribution in [0, 0.1) is 27.3 Å². The first kappa shape index (κ1) is 46.2. The number of piperidine rings is 1. The predicted octanol–water partition coefficient (Wildman–Crippen LogP) is 9.65. The molecule has 3 aliphatic heterocycles. The van der Waals surface area contributed by atoms with Crippen LogP contribution in [-0.2, 0) is 10.0 Å². The summed E-state index contributed by atoms with van der Waals surface area (Å²) in [5, 5.41) is 26.0. The SMILES string of the molecule is CC(C)c1ccccc1[C@@H]1CCC[C@@H]1N1CC2(CCN(c3ccc(C(=O)NS(=O)(=O)c4cc5c(c([N+](=O)[O-])c4)N[C@@H]([C@H]4CC[C@](C)(O)CC4)CO5)c(Oc4cc5c(F)c[nH]c5nc4Cl)c3)CC2)C1. The topological polar surface area (TPSA) is 192 Å². The molecule has 1 amide bonds. The molecular weight excluding hydrogens is 913 g/mol. The van der Waals surface area contributed by atoms with Gasteiger partial charge in [0.05, 0.1) is 32.4 Å². The van der Waals surface area contributed by atoms with Gasteiger partial charge in [0.2, 0.25) is 0 Å². The molecule has 68 heavy (non-hydrogen) atoms. The number of rotatable bonds is 11. The van der Waals surface area contributed by atoms with Crippen molar-refractivity contribution in [1.82, 2.24) is 19.6 Å². The number of nitrogens with zero attached hydrogens (tertiary/aromatic N) is 4. The van der Waals surface area contributed by atoms with E-state index in [0.717, 1.165) is 63.0 Å². The van der Waals surface area contributed by atoms with Crippen LogP contribution in [-0.4, -0.2) is 89.7 Å². The Morgan fingerprint density at radius 3 is 2.53 bits per heavy atom. The van der Waals surface area contributed by atoms with E-state index in [4.69, 9.17) is 21.1 Å². The fourth-order valence-corrected chi connectivity index (χ4v) is 12.7. The summed E-state index contributed by atoms with van der Waals surface area (Å²) in [6.07, 6.45) is 9.26. The number of H-pyrrole nitrogens is 1. The second kappa shape index (κ2) is 17.8. The quantitative estimate of drug-likeness (QED) is 0.0558. The number of hydrogen-bond donors (Lipinski definition) is 4. The van der Waals surface area contributed by atoms with E-state index in [1.54, 1.807) is 19.1 Å².